The molecule has 3 aromatic carbocycles. The van der Waals surface area contributed by atoms with Crippen molar-refractivity contribution in [2.75, 3.05) is 0 Å². The maximum Gasteiger partial charge on any atom is 0.253 e. The Morgan fingerprint density at radius 1 is 0.964 bits per heavy atom. The van der Waals surface area contributed by atoms with Crippen molar-refractivity contribution in [1.29, 1.82) is 0 Å². The second-order valence-corrected chi connectivity index (χ2v) is 8.91. The molecule has 0 saturated heterocycles. The number of carbonyl (C=O) groups is 1. The molecule has 0 fully saturated rings. The first-order valence-corrected chi connectivity index (χ1v) is 10.9. The molecule has 0 aliphatic carbocycles. The fourth-order valence-electron chi connectivity index (χ4n) is 2.75. The Balaban J connectivity index is 2.01. The average Bonchev–Trinajstić information content (AvgIpc) is 2.66. The summed E-state index contributed by atoms with van der Waals surface area (Å²) >= 11 is 9.42. The highest BCUT2D eigenvalue weighted by molar-refractivity contribution is 9.10. The normalized spacial score (nSPS) is 12.4. The van der Waals surface area contributed by atoms with Gasteiger partial charge in [-0.1, -0.05) is 54.1 Å². The van der Waals surface area contributed by atoms with Crippen molar-refractivity contribution < 1.29 is 13.2 Å². The van der Waals surface area contributed by atoms with Gasteiger partial charge in [0.05, 0.1) is 16.5 Å². The van der Waals surface area contributed by atoms with Crippen LogP contribution in [0, 0.1) is 0 Å². The lowest BCUT2D eigenvalue weighted by atomic mass is 9.98. The van der Waals surface area contributed by atoms with E-state index < -0.39 is 22.0 Å². The van der Waals surface area contributed by atoms with Crippen molar-refractivity contribution in [3.05, 3.63) is 99.0 Å². The first-order chi connectivity index (χ1) is 13.3. The van der Waals surface area contributed by atoms with E-state index in [1.807, 2.05) is 36.4 Å². The number of nitrogens with one attached hydrogen (secondary N) is 1. The maximum atomic E-state index is 13.0. The van der Waals surface area contributed by atoms with E-state index in [2.05, 4.69) is 21.2 Å². The zero-order valence-corrected chi connectivity index (χ0v) is 17.6. The molecule has 1 atom stereocenters. The van der Waals surface area contributed by atoms with Gasteiger partial charge in [0, 0.05) is 9.50 Å². The molecule has 1 amide bonds. The predicted octanol–water partition coefficient (Wildman–Crippen LogP) is 4.27. The third-order valence-corrected chi connectivity index (χ3v) is 5.94. The Morgan fingerprint density at radius 3 is 2.29 bits per heavy atom. The number of hydrogen-bond donors (Lipinski definition) is 2. The van der Waals surface area contributed by atoms with Gasteiger partial charge in [0.1, 0.15) is 0 Å². The van der Waals surface area contributed by atoms with Crippen molar-refractivity contribution in [3.8, 4) is 0 Å². The number of benzene rings is 3. The Labute approximate surface area is 176 Å². The maximum absolute atomic E-state index is 13.0. The van der Waals surface area contributed by atoms with Crippen molar-refractivity contribution in [3.63, 3.8) is 0 Å². The summed E-state index contributed by atoms with van der Waals surface area (Å²) in [6, 6.07) is 20.2. The molecular formula is C20H16BrClN2O3S. The largest absolute Gasteiger partial charge is 0.341 e. The summed E-state index contributed by atoms with van der Waals surface area (Å²) in [6.45, 7) is 0. The number of carbonyl (C=O) groups excluding carboxylic acids is 1. The van der Waals surface area contributed by atoms with Crippen LogP contribution in [-0.2, 0) is 10.0 Å². The lowest BCUT2D eigenvalue weighted by Gasteiger charge is -2.21. The highest BCUT2D eigenvalue weighted by atomic mass is 79.9. The van der Waals surface area contributed by atoms with E-state index in [0.29, 0.717) is 9.50 Å². The fraction of sp³-hybridized carbons (Fsp3) is 0.0500. The van der Waals surface area contributed by atoms with Crippen LogP contribution in [0.15, 0.2) is 82.2 Å². The Morgan fingerprint density at radius 2 is 1.64 bits per heavy atom. The number of hydrogen-bond acceptors (Lipinski definition) is 3. The summed E-state index contributed by atoms with van der Waals surface area (Å²) < 4.78 is 23.7. The van der Waals surface area contributed by atoms with Gasteiger partial charge in [-0.15, -0.1) is 0 Å². The van der Waals surface area contributed by atoms with Crippen LogP contribution in [0.5, 0.6) is 0 Å². The van der Waals surface area contributed by atoms with Crippen molar-refractivity contribution >= 4 is 43.5 Å². The minimum Gasteiger partial charge on any atom is -0.341 e. The monoisotopic (exact) mass is 478 g/mol. The SMILES string of the molecule is NS(=O)(=O)c1ccc(Br)c(C(=O)NC(c2ccccc2)c2cccc(Cl)c2)c1. The van der Waals surface area contributed by atoms with E-state index in [0.717, 1.165) is 11.1 Å². The second kappa shape index (κ2) is 8.45. The van der Waals surface area contributed by atoms with Crippen molar-refractivity contribution in [2.45, 2.75) is 10.9 Å². The lowest BCUT2D eigenvalue weighted by molar-refractivity contribution is 0.0942. The van der Waals surface area contributed by atoms with Gasteiger partial charge in [0.15, 0.2) is 0 Å². The third kappa shape index (κ3) is 4.80. The van der Waals surface area contributed by atoms with Gasteiger partial charge in [-0.2, -0.15) is 0 Å². The van der Waals surface area contributed by atoms with E-state index in [1.54, 1.807) is 18.2 Å². The van der Waals surface area contributed by atoms with Crippen LogP contribution in [0.4, 0.5) is 0 Å². The molecule has 3 N–H and O–H groups in total. The molecule has 0 radical (unpaired) electrons. The van der Waals surface area contributed by atoms with Crippen LogP contribution in [0.3, 0.4) is 0 Å². The Bertz CT molecular complexity index is 1120. The van der Waals surface area contributed by atoms with Crippen molar-refractivity contribution in [2.24, 2.45) is 5.14 Å². The molecule has 0 aliphatic rings. The standard InChI is InChI=1S/C20H16BrClN2O3S/c21-18-10-9-16(28(23,26)27)12-17(18)20(25)24-19(13-5-2-1-3-6-13)14-7-4-8-15(22)11-14/h1-12,19H,(H,24,25)(H2,23,26,27). The van der Waals surface area contributed by atoms with E-state index in [1.165, 1.54) is 18.2 Å². The quantitative estimate of drug-likeness (QED) is 0.573. The van der Waals surface area contributed by atoms with Gasteiger partial charge in [0.25, 0.3) is 5.91 Å². The number of halogens is 2. The lowest BCUT2D eigenvalue weighted by Crippen LogP contribution is -2.30. The summed E-state index contributed by atoms with van der Waals surface area (Å²) in [7, 11) is -3.93. The smallest absolute Gasteiger partial charge is 0.253 e. The molecule has 8 heteroatoms. The zero-order chi connectivity index (χ0) is 20.3. The molecule has 3 rings (SSSR count). The molecule has 5 nitrogen and oxygen atoms in total. The minimum atomic E-state index is -3.93. The highest BCUT2D eigenvalue weighted by Gasteiger charge is 2.21. The molecule has 1 unspecified atom stereocenters. The molecule has 0 spiro atoms. The van der Waals surface area contributed by atoms with Crippen LogP contribution < -0.4 is 10.5 Å². The fourth-order valence-corrected chi connectivity index (χ4v) is 3.92. The molecule has 0 aromatic heterocycles. The van der Waals surface area contributed by atoms with Gasteiger partial charge in [-0.25, -0.2) is 13.6 Å². The number of amides is 1. The summed E-state index contributed by atoms with van der Waals surface area (Å²) in [4.78, 5) is 12.8. The van der Waals surface area contributed by atoms with Crippen LogP contribution in [0.25, 0.3) is 0 Å². The van der Waals surface area contributed by atoms with Crippen LogP contribution in [0.2, 0.25) is 5.02 Å². The van der Waals surface area contributed by atoms with Gasteiger partial charge >= 0.3 is 0 Å². The van der Waals surface area contributed by atoms with Crippen LogP contribution in [0.1, 0.15) is 27.5 Å². The molecule has 144 valence electrons. The number of primary sulfonamides is 1. The third-order valence-electron chi connectivity index (χ3n) is 4.10. The van der Waals surface area contributed by atoms with Crippen molar-refractivity contribution in [1.82, 2.24) is 5.32 Å². The molecule has 0 aliphatic heterocycles. The Hall–Kier alpha value is -2.19. The summed E-state index contributed by atoms with van der Waals surface area (Å²) in [5.41, 5.74) is 1.82. The molecule has 0 saturated carbocycles. The summed E-state index contributed by atoms with van der Waals surface area (Å²) in [5, 5.41) is 8.68. The predicted molar refractivity (Wildman–Crippen MR) is 113 cm³/mol. The van der Waals surface area contributed by atoms with Crippen LogP contribution >= 0.6 is 27.5 Å². The average molecular weight is 480 g/mol. The number of nitrogens with two attached hydrogens (primary N) is 1. The van der Waals surface area contributed by atoms with Crippen LogP contribution in [-0.4, -0.2) is 14.3 Å². The highest BCUT2D eigenvalue weighted by Crippen LogP contribution is 2.26. The molecule has 3 aromatic rings. The first-order valence-electron chi connectivity index (χ1n) is 8.19. The minimum absolute atomic E-state index is 0.139. The summed E-state index contributed by atoms with van der Waals surface area (Å²) in [6.07, 6.45) is 0. The van der Waals surface area contributed by atoms with E-state index in [-0.39, 0.29) is 10.5 Å². The van der Waals surface area contributed by atoms with Gasteiger partial charge in [-0.3, -0.25) is 4.79 Å². The topological polar surface area (TPSA) is 89.3 Å². The van der Waals surface area contributed by atoms with E-state index in [9.17, 15) is 13.2 Å². The molecule has 0 bridgehead atoms. The van der Waals surface area contributed by atoms with E-state index in [4.69, 9.17) is 16.7 Å². The van der Waals surface area contributed by atoms with Gasteiger partial charge in [-0.05, 0) is 57.4 Å². The number of rotatable bonds is 5. The molecule has 28 heavy (non-hydrogen) atoms. The molecular weight excluding hydrogens is 464 g/mol. The zero-order valence-electron chi connectivity index (χ0n) is 14.5. The van der Waals surface area contributed by atoms with Gasteiger partial charge < -0.3 is 5.32 Å². The summed E-state index contributed by atoms with van der Waals surface area (Å²) in [5.74, 6) is -0.453. The molecule has 0 heterocycles. The second-order valence-electron chi connectivity index (χ2n) is 6.06. The van der Waals surface area contributed by atoms with Gasteiger partial charge in [0.2, 0.25) is 10.0 Å². The number of sulfonamides is 1. The first kappa shape index (κ1) is 20.5. The Kier molecular flexibility index (Phi) is 6.20. The van der Waals surface area contributed by atoms with E-state index >= 15 is 0 Å².